The Balaban J connectivity index is 2.69. The van der Waals surface area contributed by atoms with Crippen LogP contribution in [0.15, 0.2) is 46.8 Å². The summed E-state index contributed by atoms with van der Waals surface area (Å²) in [5, 5.41) is 0. The summed E-state index contributed by atoms with van der Waals surface area (Å²) in [7, 11) is 2.04. The Labute approximate surface area is 88.3 Å². The number of hydrogen-bond donors (Lipinski definition) is 0. The molecule has 0 unspecified atom stereocenters. The Hall–Kier alpha value is -0.760. The molecule has 1 aliphatic rings. The fourth-order valence-corrected chi connectivity index (χ4v) is 1.50. The molecular formula is C11H14BrN. The minimum Gasteiger partial charge on any atom is -0.350 e. The Morgan fingerprint density at radius 3 is 2.85 bits per heavy atom. The van der Waals surface area contributed by atoms with E-state index >= 15 is 0 Å². The van der Waals surface area contributed by atoms with Gasteiger partial charge in [0.05, 0.1) is 0 Å². The molecule has 70 valence electrons. The van der Waals surface area contributed by atoms with Gasteiger partial charge in [0.25, 0.3) is 0 Å². The first-order chi connectivity index (χ1) is 6.24. The quantitative estimate of drug-likeness (QED) is 0.713. The summed E-state index contributed by atoms with van der Waals surface area (Å²) in [6, 6.07) is 0. The van der Waals surface area contributed by atoms with Gasteiger partial charge in [-0.3, -0.25) is 0 Å². The van der Waals surface area contributed by atoms with Crippen molar-refractivity contribution in [2.45, 2.75) is 13.3 Å². The first kappa shape index (κ1) is 10.3. The van der Waals surface area contributed by atoms with Crippen LogP contribution in [0, 0.1) is 0 Å². The van der Waals surface area contributed by atoms with Crippen molar-refractivity contribution in [2.75, 3.05) is 7.05 Å². The molecule has 2 heteroatoms. The highest BCUT2D eigenvalue weighted by molar-refractivity contribution is 9.11. The zero-order valence-corrected chi connectivity index (χ0v) is 9.58. The third-order valence-corrected chi connectivity index (χ3v) is 2.25. The van der Waals surface area contributed by atoms with Gasteiger partial charge in [-0.05, 0) is 40.6 Å². The Kier molecular flexibility index (Phi) is 4.03. The molecule has 0 bridgehead atoms. The second-order valence-corrected chi connectivity index (χ2v) is 3.80. The van der Waals surface area contributed by atoms with Crippen molar-refractivity contribution in [1.29, 1.82) is 0 Å². The number of halogens is 1. The summed E-state index contributed by atoms with van der Waals surface area (Å²) < 4.78 is 1.10. The Bertz CT molecular complexity index is 284. The third-order valence-electron chi connectivity index (χ3n) is 1.78. The molecule has 0 aromatic rings. The lowest BCUT2D eigenvalue weighted by Crippen LogP contribution is -2.10. The number of likely N-dealkylation sites (N-methyl/N-ethyl adjacent to an activating group) is 1. The SMILES string of the molecule is CC/C=C\C=C1\C=CC(Br)=CN1C. The highest BCUT2D eigenvalue weighted by atomic mass is 79.9. The van der Waals surface area contributed by atoms with Crippen molar-refractivity contribution in [3.63, 3.8) is 0 Å². The summed E-state index contributed by atoms with van der Waals surface area (Å²) >= 11 is 3.43. The molecule has 0 aliphatic carbocycles. The number of nitrogens with zero attached hydrogens (tertiary/aromatic N) is 1. The molecular weight excluding hydrogens is 226 g/mol. The molecule has 0 aromatic heterocycles. The molecule has 1 rings (SSSR count). The Morgan fingerprint density at radius 1 is 1.46 bits per heavy atom. The molecule has 0 amide bonds. The van der Waals surface area contributed by atoms with Gasteiger partial charge in [-0.2, -0.15) is 0 Å². The third kappa shape index (κ3) is 3.23. The standard InChI is InChI=1S/C11H14BrN/c1-3-4-5-6-11-8-7-10(12)9-13(11)2/h4-9H,3H2,1-2H3/b5-4-,11-6-. The highest BCUT2D eigenvalue weighted by Crippen LogP contribution is 2.18. The van der Waals surface area contributed by atoms with Crippen molar-refractivity contribution in [2.24, 2.45) is 0 Å². The lowest BCUT2D eigenvalue weighted by atomic mass is 10.2. The molecule has 0 fully saturated rings. The van der Waals surface area contributed by atoms with E-state index in [0.29, 0.717) is 0 Å². The van der Waals surface area contributed by atoms with Crippen LogP contribution in [0.25, 0.3) is 0 Å². The Morgan fingerprint density at radius 2 is 2.23 bits per heavy atom. The molecule has 0 saturated heterocycles. The van der Waals surface area contributed by atoms with E-state index in [9.17, 15) is 0 Å². The zero-order chi connectivity index (χ0) is 9.68. The summed E-state index contributed by atoms with van der Waals surface area (Å²) in [6.45, 7) is 2.13. The molecule has 0 N–H and O–H groups in total. The average Bonchev–Trinajstić information content (AvgIpc) is 2.09. The van der Waals surface area contributed by atoms with Gasteiger partial charge in [0.1, 0.15) is 0 Å². The lowest BCUT2D eigenvalue weighted by molar-refractivity contribution is 0.583. The number of rotatable bonds is 2. The van der Waals surface area contributed by atoms with E-state index in [0.717, 1.165) is 10.9 Å². The maximum Gasteiger partial charge on any atom is 0.0404 e. The molecule has 0 atom stereocenters. The van der Waals surface area contributed by atoms with Crippen molar-refractivity contribution in [1.82, 2.24) is 4.90 Å². The smallest absolute Gasteiger partial charge is 0.0404 e. The molecule has 0 aromatic carbocycles. The van der Waals surface area contributed by atoms with E-state index < -0.39 is 0 Å². The monoisotopic (exact) mass is 239 g/mol. The van der Waals surface area contributed by atoms with Crippen LogP contribution in [0.2, 0.25) is 0 Å². The number of allylic oxidation sites excluding steroid dienone is 6. The van der Waals surface area contributed by atoms with Crippen LogP contribution < -0.4 is 0 Å². The second kappa shape index (κ2) is 5.07. The van der Waals surface area contributed by atoms with Crippen LogP contribution in [-0.4, -0.2) is 11.9 Å². The zero-order valence-electron chi connectivity index (χ0n) is 8.00. The van der Waals surface area contributed by atoms with Gasteiger partial charge in [0, 0.05) is 23.4 Å². The maximum absolute atomic E-state index is 3.43. The maximum atomic E-state index is 3.43. The van der Waals surface area contributed by atoms with Gasteiger partial charge in [-0.15, -0.1) is 0 Å². The first-order valence-corrected chi connectivity index (χ1v) is 5.18. The van der Waals surface area contributed by atoms with E-state index in [-0.39, 0.29) is 0 Å². The van der Waals surface area contributed by atoms with Crippen molar-refractivity contribution in [3.05, 3.63) is 46.8 Å². The van der Waals surface area contributed by atoms with Gasteiger partial charge >= 0.3 is 0 Å². The van der Waals surface area contributed by atoms with Gasteiger partial charge in [0.2, 0.25) is 0 Å². The van der Waals surface area contributed by atoms with E-state index in [1.54, 1.807) is 0 Å². The molecule has 0 spiro atoms. The predicted octanol–water partition coefficient (Wildman–Crippen LogP) is 3.57. The lowest BCUT2D eigenvalue weighted by Gasteiger charge is -2.18. The van der Waals surface area contributed by atoms with E-state index in [1.165, 1.54) is 5.70 Å². The second-order valence-electron chi connectivity index (χ2n) is 2.89. The predicted molar refractivity (Wildman–Crippen MR) is 61.4 cm³/mol. The van der Waals surface area contributed by atoms with Gasteiger partial charge in [0.15, 0.2) is 0 Å². The molecule has 1 aliphatic heterocycles. The summed E-state index contributed by atoms with van der Waals surface area (Å²) in [6.07, 6.45) is 13.6. The normalized spacial score (nSPS) is 20.1. The molecule has 0 radical (unpaired) electrons. The van der Waals surface area contributed by atoms with Crippen LogP contribution >= 0.6 is 15.9 Å². The minimum atomic E-state index is 1.08. The van der Waals surface area contributed by atoms with E-state index in [1.807, 2.05) is 19.3 Å². The summed E-state index contributed by atoms with van der Waals surface area (Å²) in [5.41, 5.74) is 1.20. The molecule has 1 nitrogen and oxygen atoms in total. The average molecular weight is 240 g/mol. The van der Waals surface area contributed by atoms with Gasteiger partial charge in [-0.25, -0.2) is 0 Å². The topological polar surface area (TPSA) is 3.24 Å². The van der Waals surface area contributed by atoms with Crippen LogP contribution in [0.3, 0.4) is 0 Å². The van der Waals surface area contributed by atoms with Crippen molar-refractivity contribution >= 4 is 15.9 Å². The fourth-order valence-electron chi connectivity index (χ4n) is 1.06. The molecule has 13 heavy (non-hydrogen) atoms. The van der Waals surface area contributed by atoms with E-state index in [4.69, 9.17) is 0 Å². The van der Waals surface area contributed by atoms with Gasteiger partial charge < -0.3 is 4.90 Å². The molecule has 1 heterocycles. The van der Waals surface area contributed by atoms with Crippen molar-refractivity contribution in [3.8, 4) is 0 Å². The first-order valence-electron chi connectivity index (χ1n) is 4.39. The highest BCUT2D eigenvalue weighted by Gasteiger charge is 2.02. The van der Waals surface area contributed by atoms with Crippen molar-refractivity contribution < 1.29 is 0 Å². The van der Waals surface area contributed by atoms with Crippen LogP contribution in [0.1, 0.15) is 13.3 Å². The summed E-state index contributed by atoms with van der Waals surface area (Å²) in [5.74, 6) is 0. The largest absolute Gasteiger partial charge is 0.350 e. The van der Waals surface area contributed by atoms with E-state index in [2.05, 4.69) is 52.1 Å². The van der Waals surface area contributed by atoms with Gasteiger partial charge in [-0.1, -0.05) is 19.1 Å². The molecule has 0 saturated carbocycles. The van der Waals surface area contributed by atoms with Crippen LogP contribution in [-0.2, 0) is 0 Å². The van der Waals surface area contributed by atoms with Crippen LogP contribution in [0.4, 0.5) is 0 Å². The summed E-state index contributed by atoms with van der Waals surface area (Å²) in [4.78, 5) is 2.09. The minimum absolute atomic E-state index is 1.08. The number of hydrogen-bond acceptors (Lipinski definition) is 1. The van der Waals surface area contributed by atoms with Crippen LogP contribution in [0.5, 0.6) is 0 Å². The fraction of sp³-hybridized carbons (Fsp3) is 0.273.